The lowest BCUT2D eigenvalue weighted by Gasteiger charge is -2.59. The number of anilines is 3. The molecule has 208 valence electrons. The van der Waals surface area contributed by atoms with Crippen LogP contribution in [0, 0.1) is 19.7 Å². The van der Waals surface area contributed by atoms with Crippen LogP contribution < -0.4 is 10.2 Å². The normalized spacial score (nSPS) is 19.2. The Hall–Kier alpha value is -4.71. The van der Waals surface area contributed by atoms with E-state index in [9.17, 15) is 4.39 Å². The van der Waals surface area contributed by atoms with E-state index >= 15 is 0 Å². The third-order valence-corrected chi connectivity index (χ3v) is 7.88. The number of piperidine rings is 1. The van der Waals surface area contributed by atoms with Gasteiger partial charge in [0.25, 0.3) is 0 Å². The van der Waals surface area contributed by atoms with Gasteiger partial charge in [-0.25, -0.2) is 29.0 Å². The summed E-state index contributed by atoms with van der Waals surface area (Å²) >= 11 is 0. The minimum atomic E-state index is -0.377. The molecular formula is C29H30FN11. The lowest BCUT2D eigenvalue weighted by atomic mass is 9.84. The molecule has 0 aromatic carbocycles. The largest absolute Gasteiger partial charge is 0.353 e. The number of nitrogens with one attached hydrogen (secondary N) is 2. The number of aromatic amines is 1. The second-order valence-electron chi connectivity index (χ2n) is 10.8. The molecule has 5 aromatic heterocycles. The Morgan fingerprint density at radius 3 is 2.41 bits per heavy atom. The monoisotopic (exact) mass is 551 g/mol. The van der Waals surface area contributed by atoms with Gasteiger partial charge in [-0.15, -0.1) is 0 Å². The van der Waals surface area contributed by atoms with Crippen LogP contribution in [0.1, 0.15) is 36.3 Å². The number of rotatable bonds is 7. The average molecular weight is 552 g/mol. The van der Waals surface area contributed by atoms with Crippen molar-refractivity contribution in [3.05, 3.63) is 84.0 Å². The molecule has 3 aliphatic rings. The number of aromatic nitrogens is 8. The Morgan fingerprint density at radius 1 is 0.951 bits per heavy atom. The molecule has 3 saturated heterocycles. The molecule has 8 rings (SSSR count). The molecule has 0 radical (unpaired) electrons. The molecule has 3 atom stereocenters. The lowest BCUT2D eigenvalue weighted by molar-refractivity contribution is -0.0344. The first-order valence-corrected chi connectivity index (χ1v) is 13.7. The third-order valence-electron chi connectivity index (χ3n) is 7.88. The van der Waals surface area contributed by atoms with Gasteiger partial charge in [0.05, 0.1) is 12.4 Å². The molecule has 3 unspecified atom stereocenters. The summed E-state index contributed by atoms with van der Waals surface area (Å²) in [6, 6.07) is 13.0. The molecule has 2 N–H and O–H groups in total. The number of nitrogens with zero attached hydrogens (tertiary/aromatic N) is 9. The predicted octanol–water partition coefficient (Wildman–Crippen LogP) is 4.37. The van der Waals surface area contributed by atoms with Gasteiger partial charge in [0.15, 0.2) is 23.3 Å². The van der Waals surface area contributed by atoms with Gasteiger partial charge in [-0.3, -0.25) is 10.00 Å². The topological polar surface area (TPSA) is 117 Å². The zero-order valence-electron chi connectivity index (χ0n) is 23.0. The molecule has 3 fully saturated rings. The van der Waals surface area contributed by atoms with Crippen LogP contribution in [0.25, 0.3) is 17.2 Å². The highest BCUT2D eigenvalue weighted by Gasteiger charge is 2.47. The molecule has 0 saturated carbocycles. The summed E-state index contributed by atoms with van der Waals surface area (Å²) in [4.78, 5) is 23.6. The van der Waals surface area contributed by atoms with Gasteiger partial charge in [0.1, 0.15) is 11.6 Å². The summed E-state index contributed by atoms with van der Waals surface area (Å²) in [6.45, 7) is 7.97. The van der Waals surface area contributed by atoms with E-state index < -0.39 is 0 Å². The maximum atomic E-state index is 13.3. The van der Waals surface area contributed by atoms with Gasteiger partial charge >= 0.3 is 0 Å². The Bertz CT molecular complexity index is 1670. The van der Waals surface area contributed by atoms with Crippen molar-refractivity contribution in [1.29, 1.82) is 0 Å². The number of hydrogen-bond donors (Lipinski definition) is 2. The van der Waals surface area contributed by atoms with Gasteiger partial charge in [-0.2, -0.15) is 10.2 Å². The first kappa shape index (κ1) is 25.3. The van der Waals surface area contributed by atoms with E-state index in [-0.39, 0.29) is 11.9 Å². The molecule has 0 aliphatic carbocycles. The highest BCUT2D eigenvalue weighted by Crippen LogP contribution is 2.40. The van der Waals surface area contributed by atoms with Crippen LogP contribution in [0.3, 0.4) is 0 Å². The minimum Gasteiger partial charge on any atom is -0.353 e. The van der Waals surface area contributed by atoms with Gasteiger partial charge < -0.3 is 10.2 Å². The van der Waals surface area contributed by atoms with Gasteiger partial charge in [0.2, 0.25) is 0 Å². The summed E-state index contributed by atoms with van der Waals surface area (Å²) in [5.41, 5.74) is 3.84. The lowest BCUT2D eigenvalue weighted by Crippen LogP contribution is -2.69. The number of halogens is 1. The summed E-state index contributed by atoms with van der Waals surface area (Å²) in [5, 5.41) is 14.4. The predicted molar refractivity (Wildman–Crippen MR) is 153 cm³/mol. The first-order valence-electron chi connectivity index (χ1n) is 13.7. The van der Waals surface area contributed by atoms with Gasteiger partial charge in [-0.1, -0.05) is 6.07 Å². The number of aryl methyl sites for hydroxylation is 2. The molecule has 41 heavy (non-hydrogen) atoms. The molecule has 8 heterocycles. The summed E-state index contributed by atoms with van der Waals surface area (Å²) in [5.74, 6) is 3.21. The van der Waals surface area contributed by atoms with Crippen LogP contribution in [-0.4, -0.2) is 70.0 Å². The SMILES string of the molecule is Cc1cc(Nc2cc(C)[nH]n2)nc(-c2ccc(N3CC4CC(C3)N4C(C)c3ccc(-n4cc(F)cn4)nc3)nc2)n1. The fourth-order valence-corrected chi connectivity index (χ4v) is 5.92. The first-order chi connectivity index (χ1) is 19.9. The van der Waals surface area contributed by atoms with Crippen LogP contribution >= 0.6 is 0 Å². The molecule has 2 bridgehead atoms. The van der Waals surface area contributed by atoms with Gasteiger partial charge in [0, 0.05) is 72.7 Å². The number of piperazine rings is 1. The highest BCUT2D eigenvalue weighted by molar-refractivity contribution is 5.61. The Kier molecular flexibility index (Phi) is 6.19. The van der Waals surface area contributed by atoms with Crippen molar-refractivity contribution in [3.63, 3.8) is 0 Å². The maximum absolute atomic E-state index is 13.3. The molecule has 0 amide bonds. The Morgan fingerprint density at radius 2 is 1.76 bits per heavy atom. The van der Waals surface area contributed by atoms with Crippen molar-refractivity contribution in [3.8, 4) is 17.2 Å². The summed E-state index contributed by atoms with van der Waals surface area (Å²) < 4.78 is 14.8. The molecule has 11 nitrogen and oxygen atoms in total. The van der Waals surface area contributed by atoms with E-state index in [1.54, 1.807) is 0 Å². The fourth-order valence-electron chi connectivity index (χ4n) is 5.92. The quantitative estimate of drug-likeness (QED) is 0.304. The second-order valence-corrected chi connectivity index (χ2v) is 10.8. The van der Waals surface area contributed by atoms with Crippen molar-refractivity contribution in [2.24, 2.45) is 0 Å². The standard InChI is InChI=1S/C29H30FN11/c1-17-8-25(35-26-9-18(2)37-38-26)36-29(34-17)21-5-6-27(31-12-21)39-15-23-10-24(16-39)41(23)19(3)20-4-7-28(32-11-20)40-14-22(30)13-33-40/h4-9,11-14,19,23-24H,10,15-16H2,1-3H3,(H2,34,35,36,37,38). The summed E-state index contributed by atoms with van der Waals surface area (Å²) in [7, 11) is 0. The minimum absolute atomic E-state index is 0.235. The summed E-state index contributed by atoms with van der Waals surface area (Å²) in [6.07, 6.45) is 7.41. The average Bonchev–Trinajstić information content (AvgIpc) is 3.60. The van der Waals surface area contributed by atoms with Crippen molar-refractivity contribution in [1.82, 2.24) is 44.8 Å². The highest BCUT2D eigenvalue weighted by atomic mass is 19.1. The van der Waals surface area contributed by atoms with Crippen LogP contribution in [0.15, 0.2) is 61.2 Å². The van der Waals surface area contributed by atoms with Crippen molar-refractivity contribution in [2.45, 2.75) is 45.3 Å². The van der Waals surface area contributed by atoms with Crippen LogP contribution in [0.5, 0.6) is 0 Å². The van der Waals surface area contributed by atoms with Crippen molar-refractivity contribution in [2.75, 3.05) is 23.3 Å². The fraction of sp³-hybridized carbons (Fsp3) is 0.310. The Balaban J connectivity index is 1.01. The molecule has 0 spiro atoms. The zero-order chi connectivity index (χ0) is 28.1. The van der Waals surface area contributed by atoms with Crippen molar-refractivity contribution >= 4 is 17.5 Å². The number of pyridine rings is 2. The van der Waals surface area contributed by atoms with Crippen molar-refractivity contribution < 1.29 is 4.39 Å². The number of fused-ring (bicyclic) bond motifs is 2. The van der Waals surface area contributed by atoms with Gasteiger partial charge in [-0.05, 0) is 51.0 Å². The molecule has 12 heteroatoms. The van der Waals surface area contributed by atoms with E-state index in [4.69, 9.17) is 4.98 Å². The third kappa shape index (κ3) is 4.91. The molecule has 3 aliphatic heterocycles. The smallest absolute Gasteiger partial charge is 0.163 e. The van der Waals surface area contributed by atoms with E-state index in [1.807, 2.05) is 50.5 Å². The van der Waals surface area contributed by atoms with Crippen LogP contribution in [0.2, 0.25) is 0 Å². The number of hydrogen-bond acceptors (Lipinski definition) is 9. The zero-order valence-corrected chi connectivity index (χ0v) is 23.0. The molecule has 5 aromatic rings. The van der Waals surface area contributed by atoms with Crippen LogP contribution in [0.4, 0.5) is 21.8 Å². The Labute approximate surface area is 236 Å². The second kappa shape index (κ2) is 10.0. The number of H-pyrrole nitrogens is 1. The van der Waals surface area contributed by atoms with E-state index in [1.165, 1.54) is 23.5 Å². The van der Waals surface area contributed by atoms with E-state index in [0.29, 0.717) is 35.4 Å². The maximum Gasteiger partial charge on any atom is 0.163 e. The van der Waals surface area contributed by atoms with Crippen LogP contribution in [-0.2, 0) is 0 Å². The van der Waals surface area contributed by atoms with E-state index in [0.717, 1.165) is 41.4 Å². The van der Waals surface area contributed by atoms with E-state index in [2.05, 4.69) is 64.4 Å². The molecular weight excluding hydrogens is 521 g/mol.